The van der Waals surface area contributed by atoms with Gasteiger partial charge in [0.1, 0.15) is 0 Å². The normalized spacial score (nSPS) is 11.8. The van der Waals surface area contributed by atoms with Gasteiger partial charge in [-0.25, -0.2) is 4.39 Å². The third-order valence-electron chi connectivity index (χ3n) is 3.66. The van der Waals surface area contributed by atoms with Crippen molar-refractivity contribution in [2.75, 3.05) is 19.8 Å². The Morgan fingerprint density at radius 2 is 1.96 bits per heavy atom. The molecule has 0 atom stereocenters. The fourth-order valence-electron chi connectivity index (χ4n) is 2.46. The molecule has 136 valence electrons. The van der Waals surface area contributed by atoms with Crippen LogP contribution >= 0.6 is 11.3 Å². The highest BCUT2D eigenvalue weighted by atomic mass is 32.1. The van der Waals surface area contributed by atoms with Crippen molar-refractivity contribution in [2.24, 2.45) is 4.99 Å². The standard InChI is InChI=1S/C19H19FN2O3S/c1-2-24-12-11-22-15-8-4-6-10-17(15)26-19(22)21-18(23)13-25-16-9-5-3-7-14(16)20/h3-10H,2,11-13H2,1H3. The van der Waals surface area contributed by atoms with Crippen LogP contribution < -0.4 is 9.54 Å². The van der Waals surface area contributed by atoms with Gasteiger partial charge in [-0.05, 0) is 31.2 Å². The molecule has 0 aliphatic heterocycles. The van der Waals surface area contributed by atoms with Crippen LogP contribution in [0.4, 0.5) is 4.39 Å². The van der Waals surface area contributed by atoms with E-state index in [9.17, 15) is 9.18 Å². The van der Waals surface area contributed by atoms with Crippen molar-refractivity contribution in [1.82, 2.24) is 4.57 Å². The molecule has 3 aromatic rings. The molecule has 0 fully saturated rings. The molecule has 2 aromatic carbocycles. The minimum Gasteiger partial charge on any atom is -0.481 e. The maximum absolute atomic E-state index is 13.6. The zero-order valence-electron chi connectivity index (χ0n) is 14.4. The van der Waals surface area contributed by atoms with Gasteiger partial charge in [0.15, 0.2) is 23.0 Å². The van der Waals surface area contributed by atoms with Gasteiger partial charge in [0, 0.05) is 13.2 Å². The lowest BCUT2D eigenvalue weighted by atomic mass is 10.3. The summed E-state index contributed by atoms with van der Waals surface area (Å²) in [6.45, 7) is 3.37. The first-order valence-corrected chi connectivity index (χ1v) is 9.11. The second kappa shape index (κ2) is 8.73. The third-order valence-corrected chi connectivity index (χ3v) is 4.72. The molecule has 1 aromatic heterocycles. The van der Waals surface area contributed by atoms with Crippen LogP contribution in [0, 0.1) is 5.82 Å². The van der Waals surface area contributed by atoms with E-state index < -0.39 is 11.7 Å². The second-order valence-electron chi connectivity index (χ2n) is 5.43. The Morgan fingerprint density at radius 3 is 2.77 bits per heavy atom. The highest BCUT2D eigenvalue weighted by molar-refractivity contribution is 7.16. The number of hydrogen-bond acceptors (Lipinski definition) is 4. The van der Waals surface area contributed by atoms with Crippen molar-refractivity contribution >= 4 is 27.5 Å². The predicted molar refractivity (Wildman–Crippen MR) is 98.8 cm³/mol. The van der Waals surface area contributed by atoms with Gasteiger partial charge in [-0.2, -0.15) is 4.99 Å². The molecule has 5 nitrogen and oxygen atoms in total. The Labute approximate surface area is 154 Å². The van der Waals surface area contributed by atoms with Gasteiger partial charge in [0.2, 0.25) is 0 Å². The third kappa shape index (κ3) is 4.36. The largest absolute Gasteiger partial charge is 0.481 e. The summed E-state index contributed by atoms with van der Waals surface area (Å²) >= 11 is 1.43. The van der Waals surface area contributed by atoms with Crippen LogP contribution in [0.1, 0.15) is 6.92 Å². The maximum Gasteiger partial charge on any atom is 0.286 e. The highest BCUT2D eigenvalue weighted by Crippen LogP contribution is 2.17. The zero-order chi connectivity index (χ0) is 18.4. The molecule has 0 spiro atoms. The van der Waals surface area contributed by atoms with E-state index in [2.05, 4.69) is 4.99 Å². The average molecular weight is 374 g/mol. The number of benzene rings is 2. The number of rotatable bonds is 7. The topological polar surface area (TPSA) is 52.8 Å². The summed E-state index contributed by atoms with van der Waals surface area (Å²) < 4.78 is 27.2. The van der Waals surface area contributed by atoms with Gasteiger partial charge in [0.25, 0.3) is 5.91 Å². The molecule has 0 bridgehead atoms. The Balaban J connectivity index is 1.82. The molecular weight excluding hydrogens is 355 g/mol. The molecule has 0 aliphatic rings. The number of carbonyl (C=O) groups excluding carboxylic acids is 1. The summed E-state index contributed by atoms with van der Waals surface area (Å²) in [6, 6.07) is 13.8. The van der Waals surface area contributed by atoms with Crippen molar-refractivity contribution < 1.29 is 18.7 Å². The van der Waals surface area contributed by atoms with Crippen molar-refractivity contribution in [1.29, 1.82) is 0 Å². The number of thiazole rings is 1. The average Bonchev–Trinajstić information content (AvgIpc) is 2.98. The summed E-state index contributed by atoms with van der Waals surface area (Å²) in [5.41, 5.74) is 0.999. The van der Waals surface area contributed by atoms with E-state index in [0.29, 0.717) is 24.6 Å². The van der Waals surface area contributed by atoms with Crippen LogP contribution in [0.3, 0.4) is 0 Å². The lowest BCUT2D eigenvalue weighted by Gasteiger charge is -2.06. The first-order valence-electron chi connectivity index (χ1n) is 8.30. The number of carbonyl (C=O) groups is 1. The number of fused-ring (bicyclic) bond motifs is 1. The Bertz CT molecular complexity index is 965. The van der Waals surface area contributed by atoms with Crippen LogP contribution in [-0.2, 0) is 16.1 Å². The van der Waals surface area contributed by atoms with Gasteiger partial charge in [-0.1, -0.05) is 35.6 Å². The van der Waals surface area contributed by atoms with E-state index >= 15 is 0 Å². The van der Waals surface area contributed by atoms with E-state index in [1.807, 2.05) is 35.8 Å². The van der Waals surface area contributed by atoms with Gasteiger partial charge < -0.3 is 14.0 Å². The van der Waals surface area contributed by atoms with E-state index in [1.54, 1.807) is 12.1 Å². The van der Waals surface area contributed by atoms with Crippen LogP contribution in [0.2, 0.25) is 0 Å². The predicted octanol–water partition coefficient (Wildman–Crippen LogP) is 3.38. The van der Waals surface area contributed by atoms with Crippen LogP contribution in [0.15, 0.2) is 53.5 Å². The van der Waals surface area contributed by atoms with Crippen molar-refractivity contribution in [2.45, 2.75) is 13.5 Å². The molecular formula is C19H19FN2O3S. The van der Waals surface area contributed by atoms with Crippen molar-refractivity contribution in [3.8, 4) is 5.75 Å². The van der Waals surface area contributed by atoms with Crippen LogP contribution in [-0.4, -0.2) is 30.3 Å². The molecule has 0 aliphatic carbocycles. The minimum atomic E-state index is -0.506. The van der Waals surface area contributed by atoms with Gasteiger partial charge in [0.05, 0.1) is 16.8 Å². The van der Waals surface area contributed by atoms with Crippen LogP contribution in [0.25, 0.3) is 10.2 Å². The number of hydrogen-bond donors (Lipinski definition) is 0. The van der Waals surface area contributed by atoms with Gasteiger partial charge >= 0.3 is 0 Å². The van der Waals surface area contributed by atoms with E-state index in [0.717, 1.165) is 10.2 Å². The number of aromatic nitrogens is 1. The number of amides is 1. The highest BCUT2D eigenvalue weighted by Gasteiger charge is 2.09. The first-order chi connectivity index (χ1) is 12.7. The summed E-state index contributed by atoms with van der Waals surface area (Å²) in [5, 5.41) is 0. The molecule has 7 heteroatoms. The number of para-hydroxylation sites is 2. The first kappa shape index (κ1) is 18.3. The lowest BCUT2D eigenvalue weighted by Crippen LogP contribution is -2.21. The summed E-state index contributed by atoms with van der Waals surface area (Å²) in [5.74, 6) is -0.935. The monoisotopic (exact) mass is 374 g/mol. The van der Waals surface area contributed by atoms with Crippen LogP contribution in [0.5, 0.6) is 5.75 Å². The molecule has 0 saturated carbocycles. The Hall–Kier alpha value is -2.51. The molecule has 1 amide bonds. The van der Waals surface area contributed by atoms with E-state index in [-0.39, 0.29) is 12.4 Å². The molecule has 3 rings (SSSR count). The Morgan fingerprint density at radius 1 is 1.19 bits per heavy atom. The molecule has 0 radical (unpaired) electrons. The quantitative estimate of drug-likeness (QED) is 0.596. The molecule has 0 unspecified atom stereocenters. The summed E-state index contributed by atoms with van der Waals surface area (Å²) in [4.78, 5) is 16.9. The summed E-state index contributed by atoms with van der Waals surface area (Å²) in [7, 11) is 0. The number of halogens is 1. The maximum atomic E-state index is 13.6. The van der Waals surface area contributed by atoms with E-state index in [4.69, 9.17) is 9.47 Å². The smallest absolute Gasteiger partial charge is 0.286 e. The van der Waals surface area contributed by atoms with Crippen molar-refractivity contribution in [3.63, 3.8) is 0 Å². The zero-order valence-corrected chi connectivity index (χ0v) is 15.2. The molecule has 1 heterocycles. The molecule has 0 saturated heterocycles. The van der Waals surface area contributed by atoms with Crippen molar-refractivity contribution in [3.05, 3.63) is 59.1 Å². The van der Waals surface area contributed by atoms with Gasteiger partial charge in [-0.3, -0.25) is 4.79 Å². The fourth-order valence-corrected chi connectivity index (χ4v) is 3.54. The second-order valence-corrected chi connectivity index (χ2v) is 6.43. The SMILES string of the molecule is CCOCCn1c(=NC(=O)COc2ccccc2F)sc2ccccc21. The molecule has 26 heavy (non-hydrogen) atoms. The number of nitrogens with zero attached hydrogens (tertiary/aromatic N) is 2. The van der Waals surface area contributed by atoms with Gasteiger partial charge in [-0.15, -0.1) is 0 Å². The molecule has 0 N–H and O–H groups in total. The van der Waals surface area contributed by atoms with E-state index in [1.165, 1.54) is 23.5 Å². The summed E-state index contributed by atoms with van der Waals surface area (Å²) in [6.07, 6.45) is 0. The Kier molecular flexibility index (Phi) is 6.14. The number of ether oxygens (including phenoxy) is 2. The minimum absolute atomic E-state index is 0.0385. The lowest BCUT2D eigenvalue weighted by molar-refractivity contribution is -0.120. The fraction of sp³-hybridized carbons (Fsp3) is 0.263.